The van der Waals surface area contributed by atoms with Gasteiger partial charge in [-0.3, -0.25) is 4.79 Å². The zero-order valence-corrected chi connectivity index (χ0v) is 7.77. The van der Waals surface area contributed by atoms with Crippen LogP contribution in [-0.2, 0) is 4.79 Å². The van der Waals surface area contributed by atoms with Crippen LogP contribution >= 0.6 is 0 Å². The monoisotopic (exact) mass is 176 g/mol. The lowest BCUT2D eigenvalue weighted by molar-refractivity contribution is -0.107. The number of hydrogen-bond donors (Lipinski definition) is 0. The molecule has 0 N–H and O–H groups in total. The van der Waals surface area contributed by atoms with Gasteiger partial charge in [-0.1, -0.05) is 18.2 Å². The molecule has 0 saturated heterocycles. The Labute approximate surface area is 77.4 Å². The Morgan fingerprint density at radius 1 is 1.23 bits per heavy atom. The minimum absolute atomic E-state index is 0.558. The van der Waals surface area contributed by atoms with Crippen molar-refractivity contribution in [2.75, 3.05) is 19.0 Å². The number of anilines is 1. The molecule has 0 atom stereocenters. The summed E-state index contributed by atoms with van der Waals surface area (Å²) >= 11 is 0. The van der Waals surface area contributed by atoms with Crippen molar-refractivity contribution < 1.29 is 4.79 Å². The fourth-order valence-electron chi connectivity index (χ4n) is 1.07. The molecule has 1 aromatic rings. The van der Waals surface area contributed by atoms with Gasteiger partial charge in [0, 0.05) is 14.1 Å². The van der Waals surface area contributed by atoms with Gasteiger partial charge in [0.1, 0.15) is 0 Å². The van der Waals surface area contributed by atoms with E-state index < -0.39 is 0 Å². The Morgan fingerprint density at radius 2 is 1.92 bits per heavy atom. The molecule has 3 heteroatoms. The van der Waals surface area contributed by atoms with E-state index in [2.05, 4.69) is 4.99 Å². The smallest absolute Gasteiger partial charge is 0.233 e. The molecule has 0 aromatic heterocycles. The number of nitrogens with zero attached hydrogens (tertiary/aromatic N) is 2. The first-order chi connectivity index (χ1) is 6.25. The van der Waals surface area contributed by atoms with Gasteiger partial charge in [0.15, 0.2) is 0 Å². The first kappa shape index (κ1) is 9.45. The van der Waals surface area contributed by atoms with E-state index in [4.69, 9.17) is 0 Å². The van der Waals surface area contributed by atoms with Crippen LogP contribution in [0.25, 0.3) is 0 Å². The second-order valence-corrected chi connectivity index (χ2v) is 2.81. The van der Waals surface area contributed by atoms with Crippen molar-refractivity contribution in [3.05, 3.63) is 35.7 Å². The summed E-state index contributed by atoms with van der Waals surface area (Å²) in [6.07, 6.45) is 0.558. The van der Waals surface area contributed by atoms with E-state index in [0.717, 1.165) is 5.69 Å². The van der Waals surface area contributed by atoms with Crippen LogP contribution < -0.4 is 10.3 Å². The predicted octanol–water partition coefficient (Wildman–Crippen LogP) is 0.810. The normalized spacial score (nSPS) is 11.1. The molecule has 13 heavy (non-hydrogen) atoms. The summed E-state index contributed by atoms with van der Waals surface area (Å²) in [4.78, 5) is 15.9. The van der Waals surface area contributed by atoms with Crippen LogP contribution in [0, 0.1) is 0 Å². The Morgan fingerprint density at radius 3 is 2.54 bits per heavy atom. The van der Waals surface area contributed by atoms with Gasteiger partial charge in [-0.25, -0.2) is 4.99 Å². The standard InChI is InChI=1S/C10H12N2O/c1-12(2)10-7-5-3-4-6-9(10)11-8-13/h3-8H,1-2H3. The number of hydrogen-bond acceptors (Lipinski definition) is 2. The molecule has 0 heterocycles. The molecule has 1 rings (SSSR count). The maximum atomic E-state index is 10.3. The van der Waals surface area contributed by atoms with E-state index in [-0.39, 0.29) is 0 Å². The minimum atomic E-state index is 0.558. The molecule has 0 aliphatic heterocycles. The lowest BCUT2D eigenvalue weighted by atomic mass is 10.4. The zero-order chi connectivity index (χ0) is 9.68. The van der Waals surface area contributed by atoms with Crippen LogP contribution in [0.2, 0.25) is 0 Å². The maximum absolute atomic E-state index is 10.3. The quantitative estimate of drug-likeness (QED) is 0.625. The fraction of sp³-hybridized carbons (Fsp3) is 0.200. The Kier molecular flexibility index (Phi) is 3.20. The van der Waals surface area contributed by atoms with Crippen molar-refractivity contribution in [2.45, 2.75) is 0 Å². The third-order valence-electron chi connectivity index (χ3n) is 1.67. The first-order valence-corrected chi connectivity index (χ1v) is 4.00. The molecule has 0 saturated carbocycles. The highest BCUT2D eigenvalue weighted by atomic mass is 16.1. The van der Waals surface area contributed by atoms with Crippen LogP contribution in [0.3, 0.4) is 0 Å². The van der Waals surface area contributed by atoms with Gasteiger partial charge < -0.3 is 4.90 Å². The van der Waals surface area contributed by atoms with Crippen molar-refractivity contribution in [1.82, 2.24) is 0 Å². The topological polar surface area (TPSA) is 32.7 Å². The average molecular weight is 176 g/mol. The number of amides is 1. The summed E-state index contributed by atoms with van der Waals surface area (Å²) in [5.74, 6) is 0. The molecule has 0 radical (unpaired) electrons. The summed E-state index contributed by atoms with van der Waals surface area (Å²) in [6, 6.07) is 9.40. The zero-order valence-electron chi connectivity index (χ0n) is 7.77. The van der Waals surface area contributed by atoms with Gasteiger partial charge >= 0.3 is 0 Å². The van der Waals surface area contributed by atoms with Gasteiger partial charge in [0.05, 0.1) is 11.0 Å². The number of carbonyl (C=O) groups excluding carboxylic acids is 1. The first-order valence-electron chi connectivity index (χ1n) is 4.00. The Hall–Kier alpha value is -1.64. The lowest BCUT2D eigenvalue weighted by Gasteiger charge is -2.09. The van der Waals surface area contributed by atoms with Crippen LogP contribution in [-0.4, -0.2) is 20.5 Å². The van der Waals surface area contributed by atoms with Crippen LogP contribution in [0.15, 0.2) is 35.3 Å². The van der Waals surface area contributed by atoms with Crippen molar-refractivity contribution in [3.8, 4) is 0 Å². The summed E-state index contributed by atoms with van der Waals surface area (Å²) in [7, 11) is 3.83. The molecule has 1 amide bonds. The molecule has 1 aromatic carbocycles. The highest BCUT2D eigenvalue weighted by Gasteiger charge is 1.94. The van der Waals surface area contributed by atoms with Crippen LogP contribution in [0.4, 0.5) is 5.69 Å². The van der Waals surface area contributed by atoms with Gasteiger partial charge in [-0.05, 0) is 12.1 Å². The van der Waals surface area contributed by atoms with Crippen molar-refractivity contribution in [2.24, 2.45) is 4.99 Å². The summed E-state index contributed by atoms with van der Waals surface area (Å²) in [6.45, 7) is 0. The molecule has 0 bridgehead atoms. The highest BCUT2D eigenvalue weighted by Crippen LogP contribution is 2.00. The molecule has 0 aliphatic rings. The van der Waals surface area contributed by atoms with E-state index >= 15 is 0 Å². The third-order valence-corrected chi connectivity index (χ3v) is 1.67. The second-order valence-electron chi connectivity index (χ2n) is 2.81. The van der Waals surface area contributed by atoms with Crippen LogP contribution in [0.1, 0.15) is 0 Å². The number of rotatable bonds is 2. The molecule has 0 aliphatic carbocycles. The van der Waals surface area contributed by atoms with E-state index in [9.17, 15) is 4.79 Å². The molecular formula is C10H12N2O. The lowest BCUT2D eigenvalue weighted by Crippen LogP contribution is -2.17. The third kappa shape index (κ3) is 2.40. The SMILES string of the molecule is CN(C)c1cccccc1=NC=O. The van der Waals surface area contributed by atoms with E-state index in [1.54, 1.807) is 0 Å². The molecule has 0 fully saturated rings. The largest absolute Gasteiger partial charge is 0.376 e. The summed E-state index contributed by atoms with van der Waals surface area (Å²) in [5, 5.41) is 0.685. The van der Waals surface area contributed by atoms with Gasteiger partial charge in [-0.2, -0.15) is 0 Å². The molecule has 3 nitrogen and oxygen atoms in total. The summed E-state index contributed by atoms with van der Waals surface area (Å²) in [5.41, 5.74) is 0.928. The number of carbonyl (C=O) groups is 1. The van der Waals surface area contributed by atoms with Gasteiger partial charge in [-0.15, -0.1) is 0 Å². The fourth-order valence-corrected chi connectivity index (χ4v) is 1.07. The Bertz CT molecular complexity index is 358. The van der Waals surface area contributed by atoms with Crippen molar-refractivity contribution in [1.29, 1.82) is 0 Å². The van der Waals surface area contributed by atoms with Gasteiger partial charge in [0.25, 0.3) is 0 Å². The van der Waals surface area contributed by atoms with Crippen molar-refractivity contribution >= 4 is 12.1 Å². The average Bonchev–Trinajstić information content (AvgIpc) is 2.30. The van der Waals surface area contributed by atoms with Gasteiger partial charge in [0.2, 0.25) is 6.41 Å². The maximum Gasteiger partial charge on any atom is 0.233 e. The molecule has 0 spiro atoms. The molecular weight excluding hydrogens is 164 g/mol. The minimum Gasteiger partial charge on any atom is -0.376 e. The summed E-state index contributed by atoms with van der Waals surface area (Å²) < 4.78 is 0. The van der Waals surface area contributed by atoms with Crippen LogP contribution in [0.5, 0.6) is 0 Å². The Balaban J connectivity index is 3.41. The highest BCUT2D eigenvalue weighted by molar-refractivity contribution is 5.51. The van der Waals surface area contributed by atoms with E-state index in [1.807, 2.05) is 49.3 Å². The predicted molar refractivity (Wildman–Crippen MR) is 52.4 cm³/mol. The second kappa shape index (κ2) is 4.40. The van der Waals surface area contributed by atoms with E-state index in [0.29, 0.717) is 11.8 Å². The molecule has 0 unspecified atom stereocenters. The van der Waals surface area contributed by atoms with E-state index in [1.165, 1.54) is 0 Å². The van der Waals surface area contributed by atoms with Crippen molar-refractivity contribution in [3.63, 3.8) is 0 Å². The molecule has 68 valence electrons.